The number of urea groups is 1. The lowest BCUT2D eigenvalue weighted by Gasteiger charge is -2.26. The Labute approximate surface area is 184 Å². The van der Waals surface area contributed by atoms with Crippen LogP contribution in [0.15, 0.2) is 72.3 Å². The molecule has 2 heterocycles. The molecule has 4 rings (SSSR count). The summed E-state index contributed by atoms with van der Waals surface area (Å²) >= 11 is 0. The van der Waals surface area contributed by atoms with Crippen LogP contribution in [0.2, 0.25) is 0 Å². The van der Waals surface area contributed by atoms with Crippen LogP contribution in [0.1, 0.15) is 27.3 Å². The number of para-hydroxylation sites is 1. The molecular weight excluding hydrogens is 408 g/mol. The molecule has 8 nitrogen and oxygen atoms in total. The fraction of sp³-hybridized carbons (Fsp3) is 0.0833. The molecule has 2 N–H and O–H groups in total. The highest BCUT2D eigenvalue weighted by Crippen LogP contribution is 2.23. The number of aryl methyl sites for hydroxylation is 1. The number of rotatable bonds is 4. The maximum atomic E-state index is 13.0. The number of amides is 5. The van der Waals surface area contributed by atoms with Crippen molar-refractivity contribution in [2.24, 2.45) is 0 Å². The minimum Gasteiger partial charge on any atom is -0.273 e. The molecule has 1 aliphatic rings. The normalized spacial score (nSPS) is 15.1. The van der Waals surface area contributed by atoms with Crippen LogP contribution in [0.5, 0.6) is 0 Å². The molecule has 0 radical (unpaired) electrons. The average Bonchev–Trinajstić information content (AvgIpc) is 3.05. The molecule has 1 aliphatic heterocycles. The monoisotopic (exact) mass is 428 g/mol. The molecule has 0 saturated carbocycles. The third-order valence-electron chi connectivity index (χ3n) is 5.14. The number of carbonyl (C=O) groups excluding carboxylic acids is 4. The van der Waals surface area contributed by atoms with E-state index in [2.05, 4.69) is 10.7 Å². The second-order valence-corrected chi connectivity index (χ2v) is 7.26. The Hall–Kier alpha value is -4.46. The third-order valence-corrected chi connectivity index (χ3v) is 5.14. The van der Waals surface area contributed by atoms with Gasteiger partial charge in [-0.25, -0.2) is 9.69 Å². The van der Waals surface area contributed by atoms with Crippen LogP contribution in [-0.4, -0.2) is 28.4 Å². The highest BCUT2D eigenvalue weighted by molar-refractivity contribution is 6.39. The maximum absolute atomic E-state index is 13.0. The fourth-order valence-corrected chi connectivity index (χ4v) is 3.49. The van der Waals surface area contributed by atoms with Gasteiger partial charge in [-0.2, -0.15) is 0 Å². The van der Waals surface area contributed by atoms with E-state index in [-0.39, 0.29) is 11.5 Å². The Morgan fingerprint density at radius 1 is 0.938 bits per heavy atom. The number of nitrogens with zero attached hydrogens (tertiary/aromatic N) is 2. The highest BCUT2D eigenvalue weighted by atomic mass is 16.2. The highest BCUT2D eigenvalue weighted by Gasteiger charge is 2.36. The largest absolute Gasteiger partial charge is 0.335 e. The molecule has 8 heteroatoms. The third kappa shape index (κ3) is 3.81. The van der Waals surface area contributed by atoms with Crippen LogP contribution in [0, 0.1) is 13.8 Å². The molecule has 1 saturated heterocycles. The summed E-state index contributed by atoms with van der Waals surface area (Å²) in [6.45, 7) is 3.55. The van der Waals surface area contributed by atoms with Crippen molar-refractivity contribution >= 4 is 35.5 Å². The molecule has 160 valence electrons. The first-order chi connectivity index (χ1) is 15.4. The average molecular weight is 428 g/mol. The van der Waals surface area contributed by atoms with Gasteiger partial charge >= 0.3 is 6.03 Å². The number of anilines is 1. The van der Waals surface area contributed by atoms with E-state index in [1.165, 1.54) is 6.08 Å². The van der Waals surface area contributed by atoms with Crippen LogP contribution < -0.4 is 15.6 Å². The van der Waals surface area contributed by atoms with Gasteiger partial charge in [-0.05, 0) is 55.8 Å². The van der Waals surface area contributed by atoms with Gasteiger partial charge in [-0.1, -0.05) is 36.4 Å². The van der Waals surface area contributed by atoms with Crippen LogP contribution >= 0.6 is 0 Å². The van der Waals surface area contributed by atoms with Crippen molar-refractivity contribution in [2.45, 2.75) is 13.8 Å². The molecule has 5 amide bonds. The van der Waals surface area contributed by atoms with Gasteiger partial charge in [-0.15, -0.1) is 0 Å². The van der Waals surface area contributed by atoms with Gasteiger partial charge in [0.2, 0.25) is 0 Å². The standard InChI is InChI=1S/C24H20N4O4/c1-15-13-18(16(2)28(15)26-21(29)17-9-5-3-6-10-17)14-20-22(30)25-24(32)27(23(20)31)19-11-7-4-8-12-19/h3-14H,1-2H3,(H,26,29)(H,25,30,32)/b20-14+. The Kier molecular flexibility index (Phi) is 5.43. The summed E-state index contributed by atoms with van der Waals surface area (Å²) in [7, 11) is 0. The molecule has 3 aromatic rings. The topological polar surface area (TPSA) is 101 Å². The number of barbiturate groups is 1. The van der Waals surface area contributed by atoms with Gasteiger partial charge in [0.05, 0.1) is 5.69 Å². The summed E-state index contributed by atoms with van der Waals surface area (Å²) in [5.41, 5.74) is 5.39. The zero-order chi connectivity index (χ0) is 22.8. The molecule has 0 bridgehead atoms. The fourth-order valence-electron chi connectivity index (χ4n) is 3.49. The number of hydrogen-bond donors (Lipinski definition) is 2. The molecule has 32 heavy (non-hydrogen) atoms. The summed E-state index contributed by atoms with van der Waals surface area (Å²) < 4.78 is 1.59. The quantitative estimate of drug-likeness (QED) is 0.492. The summed E-state index contributed by atoms with van der Waals surface area (Å²) in [5, 5.41) is 2.21. The van der Waals surface area contributed by atoms with E-state index in [1.54, 1.807) is 79.2 Å². The van der Waals surface area contributed by atoms with Crippen molar-refractivity contribution in [3.8, 4) is 0 Å². The maximum Gasteiger partial charge on any atom is 0.335 e. The van der Waals surface area contributed by atoms with E-state index in [1.807, 2.05) is 6.07 Å². The van der Waals surface area contributed by atoms with Crippen LogP contribution in [0.3, 0.4) is 0 Å². The molecule has 0 spiro atoms. The second kappa shape index (κ2) is 8.35. The zero-order valence-electron chi connectivity index (χ0n) is 17.5. The molecular formula is C24H20N4O4. The van der Waals surface area contributed by atoms with Crippen LogP contribution in [0.4, 0.5) is 10.5 Å². The van der Waals surface area contributed by atoms with E-state index in [0.717, 1.165) is 4.90 Å². The van der Waals surface area contributed by atoms with Gasteiger partial charge in [0.1, 0.15) is 5.57 Å². The molecule has 0 unspecified atom stereocenters. The van der Waals surface area contributed by atoms with E-state index in [4.69, 9.17) is 0 Å². The number of carbonyl (C=O) groups is 4. The lowest BCUT2D eigenvalue weighted by molar-refractivity contribution is -0.122. The number of aromatic nitrogens is 1. The smallest absolute Gasteiger partial charge is 0.273 e. The van der Waals surface area contributed by atoms with Gasteiger partial charge < -0.3 is 0 Å². The Morgan fingerprint density at radius 2 is 1.56 bits per heavy atom. The Bertz CT molecular complexity index is 1260. The second-order valence-electron chi connectivity index (χ2n) is 7.26. The Morgan fingerprint density at radius 3 is 2.22 bits per heavy atom. The lowest BCUT2D eigenvalue weighted by Crippen LogP contribution is -2.54. The molecule has 0 atom stereocenters. The molecule has 2 aromatic carbocycles. The summed E-state index contributed by atoms with van der Waals surface area (Å²) in [4.78, 5) is 51.2. The van der Waals surface area contributed by atoms with E-state index in [0.29, 0.717) is 28.2 Å². The zero-order valence-corrected chi connectivity index (χ0v) is 17.5. The van der Waals surface area contributed by atoms with E-state index >= 15 is 0 Å². The number of benzene rings is 2. The van der Waals surface area contributed by atoms with Crippen molar-refractivity contribution in [3.05, 3.63) is 94.8 Å². The van der Waals surface area contributed by atoms with Gasteiger partial charge in [0.15, 0.2) is 0 Å². The minimum atomic E-state index is -0.802. The van der Waals surface area contributed by atoms with Crippen molar-refractivity contribution in [1.29, 1.82) is 0 Å². The Balaban J connectivity index is 1.66. The van der Waals surface area contributed by atoms with E-state index < -0.39 is 17.8 Å². The molecule has 0 aliphatic carbocycles. The first kappa shape index (κ1) is 20.8. The number of nitrogens with one attached hydrogen (secondary N) is 2. The molecule has 1 aromatic heterocycles. The SMILES string of the molecule is Cc1cc(/C=C2\C(=O)NC(=O)N(c3ccccc3)C2=O)c(C)n1NC(=O)c1ccccc1. The van der Waals surface area contributed by atoms with E-state index in [9.17, 15) is 19.2 Å². The molecule has 1 fully saturated rings. The van der Waals surface area contributed by atoms with Gasteiger partial charge in [0, 0.05) is 17.0 Å². The summed E-state index contributed by atoms with van der Waals surface area (Å²) in [6.07, 6.45) is 1.42. The summed E-state index contributed by atoms with van der Waals surface area (Å²) in [6, 6.07) is 18.1. The first-order valence-corrected chi connectivity index (χ1v) is 9.88. The van der Waals surface area contributed by atoms with Crippen molar-refractivity contribution in [3.63, 3.8) is 0 Å². The van der Waals surface area contributed by atoms with Crippen molar-refractivity contribution in [2.75, 3.05) is 10.3 Å². The first-order valence-electron chi connectivity index (χ1n) is 9.88. The predicted octanol–water partition coefficient (Wildman–Crippen LogP) is 3.16. The summed E-state index contributed by atoms with van der Waals surface area (Å²) in [5.74, 6) is -1.78. The van der Waals surface area contributed by atoms with Crippen molar-refractivity contribution in [1.82, 2.24) is 9.99 Å². The van der Waals surface area contributed by atoms with Crippen LogP contribution in [-0.2, 0) is 9.59 Å². The number of imide groups is 2. The minimum absolute atomic E-state index is 0.178. The van der Waals surface area contributed by atoms with Gasteiger partial charge in [0.25, 0.3) is 17.7 Å². The van der Waals surface area contributed by atoms with Gasteiger partial charge in [-0.3, -0.25) is 29.8 Å². The predicted molar refractivity (Wildman–Crippen MR) is 119 cm³/mol. The number of hydrogen-bond acceptors (Lipinski definition) is 4. The van der Waals surface area contributed by atoms with Crippen LogP contribution in [0.25, 0.3) is 6.08 Å². The lowest BCUT2D eigenvalue weighted by atomic mass is 10.1. The van der Waals surface area contributed by atoms with Crippen molar-refractivity contribution < 1.29 is 19.2 Å².